The molecule has 7 heteroatoms. The molecule has 0 aliphatic heterocycles. The third-order valence-corrected chi connectivity index (χ3v) is 5.72. The van der Waals surface area contributed by atoms with Gasteiger partial charge in [0, 0.05) is 16.9 Å². The molecule has 3 aromatic rings. The van der Waals surface area contributed by atoms with Crippen molar-refractivity contribution in [1.29, 1.82) is 0 Å². The molecule has 0 aliphatic rings. The Bertz CT molecular complexity index is 1060. The summed E-state index contributed by atoms with van der Waals surface area (Å²) < 4.78 is 23.9. The number of esters is 1. The molecule has 0 fully saturated rings. The van der Waals surface area contributed by atoms with Crippen LogP contribution in [0, 0.1) is 19.7 Å². The van der Waals surface area contributed by atoms with E-state index in [1.807, 2.05) is 38.1 Å². The highest BCUT2D eigenvalue weighted by atomic mass is 32.1. The minimum absolute atomic E-state index is 0.218. The maximum Gasteiger partial charge on any atom is 0.341 e. The number of carbonyl (C=O) groups is 2. The Morgan fingerprint density at radius 2 is 1.71 bits per heavy atom. The number of aryl methyl sites for hydroxylation is 2. The van der Waals surface area contributed by atoms with Gasteiger partial charge in [0.25, 0.3) is 0 Å². The predicted molar refractivity (Wildman–Crippen MR) is 120 cm³/mol. The van der Waals surface area contributed by atoms with Gasteiger partial charge in [0.2, 0.25) is 5.91 Å². The Labute approximate surface area is 184 Å². The first kappa shape index (κ1) is 22.5. The van der Waals surface area contributed by atoms with Crippen molar-refractivity contribution < 1.29 is 23.5 Å². The second kappa shape index (κ2) is 10.2. The van der Waals surface area contributed by atoms with Crippen LogP contribution in [0.15, 0.2) is 48.5 Å². The quantitative estimate of drug-likeness (QED) is 0.357. The van der Waals surface area contributed by atoms with Crippen LogP contribution in [0.25, 0.3) is 11.1 Å². The van der Waals surface area contributed by atoms with Gasteiger partial charge in [-0.1, -0.05) is 29.8 Å². The molecular formula is C24H24FNO4S. The maximum atomic E-state index is 13.3. The summed E-state index contributed by atoms with van der Waals surface area (Å²) in [5, 5.41) is 3.25. The third kappa shape index (κ3) is 5.70. The normalized spacial score (nSPS) is 10.6. The molecule has 2 aromatic carbocycles. The van der Waals surface area contributed by atoms with Crippen LogP contribution < -0.4 is 10.1 Å². The van der Waals surface area contributed by atoms with Crippen LogP contribution in [0.2, 0.25) is 0 Å². The lowest BCUT2D eigenvalue weighted by Crippen LogP contribution is -2.14. The van der Waals surface area contributed by atoms with Crippen LogP contribution in [-0.4, -0.2) is 25.6 Å². The number of rotatable bonds is 8. The van der Waals surface area contributed by atoms with Crippen molar-refractivity contribution in [2.75, 3.05) is 19.0 Å². The van der Waals surface area contributed by atoms with Gasteiger partial charge in [-0.05, 0) is 50.1 Å². The Balaban J connectivity index is 1.68. The molecule has 1 aromatic heterocycles. The van der Waals surface area contributed by atoms with E-state index in [1.165, 1.54) is 30.6 Å². The van der Waals surface area contributed by atoms with Gasteiger partial charge in [0.1, 0.15) is 22.1 Å². The van der Waals surface area contributed by atoms with Crippen LogP contribution in [0.5, 0.6) is 5.75 Å². The lowest BCUT2D eigenvalue weighted by Gasteiger charge is -2.09. The first-order chi connectivity index (χ1) is 14.9. The fraction of sp³-hybridized carbons (Fsp3) is 0.250. The van der Waals surface area contributed by atoms with E-state index in [1.54, 1.807) is 12.1 Å². The standard InChI is InChI=1S/C24H24FNO4S/c1-15-6-12-19(13-7-15)30-14-4-5-20(27)26-23-22(24(28)29-3)21(16(2)31-23)17-8-10-18(25)11-9-17/h6-13H,4-5,14H2,1-3H3,(H,26,27). The summed E-state index contributed by atoms with van der Waals surface area (Å²) in [4.78, 5) is 25.8. The Morgan fingerprint density at radius 1 is 1.03 bits per heavy atom. The van der Waals surface area contributed by atoms with Crippen LogP contribution in [-0.2, 0) is 9.53 Å². The fourth-order valence-electron chi connectivity index (χ4n) is 3.14. The van der Waals surface area contributed by atoms with E-state index in [-0.39, 0.29) is 23.7 Å². The monoisotopic (exact) mass is 441 g/mol. The molecule has 0 aliphatic carbocycles. The number of anilines is 1. The minimum Gasteiger partial charge on any atom is -0.494 e. The Hall–Kier alpha value is -3.19. The second-order valence-electron chi connectivity index (χ2n) is 7.05. The number of amides is 1. The zero-order valence-electron chi connectivity index (χ0n) is 17.7. The van der Waals surface area contributed by atoms with Crippen LogP contribution in [0.3, 0.4) is 0 Å². The highest BCUT2D eigenvalue weighted by Crippen LogP contribution is 2.40. The molecule has 1 heterocycles. The summed E-state index contributed by atoms with van der Waals surface area (Å²) in [5.41, 5.74) is 2.75. The largest absolute Gasteiger partial charge is 0.494 e. The molecule has 0 spiro atoms. The van der Waals surface area contributed by atoms with Crippen molar-refractivity contribution in [2.45, 2.75) is 26.7 Å². The molecule has 0 saturated carbocycles. The summed E-state index contributed by atoms with van der Waals surface area (Å²) >= 11 is 1.29. The molecule has 0 saturated heterocycles. The maximum absolute atomic E-state index is 13.3. The fourth-order valence-corrected chi connectivity index (χ4v) is 4.22. The summed E-state index contributed by atoms with van der Waals surface area (Å²) in [6.45, 7) is 4.26. The number of nitrogens with one attached hydrogen (secondary N) is 1. The van der Waals surface area contributed by atoms with Crippen molar-refractivity contribution in [1.82, 2.24) is 0 Å². The predicted octanol–water partition coefficient (Wildman–Crippen LogP) is 5.76. The molecule has 1 N–H and O–H groups in total. The number of thiophene rings is 1. The second-order valence-corrected chi connectivity index (χ2v) is 8.27. The van der Waals surface area contributed by atoms with E-state index < -0.39 is 5.97 Å². The number of methoxy groups -OCH3 is 1. The van der Waals surface area contributed by atoms with E-state index in [0.29, 0.717) is 29.2 Å². The third-order valence-electron chi connectivity index (χ3n) is 4.70. The van der Waals surface area contributed by atoms with Gasteiger partial charge in [0.05, 0.1) is 13.7 Å². The molecule has 0 radical (unpaired) electrons. The highest BCUT2D eigenvalue weighted by Gasteiger charge is 2.25. The first-order valence-electron chi connectivity index (χ1n) is 9.86. The lowest BCUT2D eigenvalue weighted by atomic mass is 10.0. The molecule has 31 heavy (non-hydrogen) atoms. The molecule has 3 rings (SSSR count). The van der Waals surface area contributed by atoms with Gasteiger partial charge in [-0.25, -0.2) is 9.18 Å². The Morgan fingerprint density at radius 3 is 2.35 bits per heavy atom. The summed E-state index contributed by atoms with van der Waals surface area (Å²) in [6.07, 6.45) is 0.776. The molecular weight excluding hydrogens is 417 g/mol. The van der Waals surface area contributed by atoms with E-state index in [0.717, 1.165) is 16.2 Å². The smallest absolute Gasteiger partial charge is 0.341 e. The molecule has 5 nitrogen and oxygen atoms in total. The molecule has 0 bridgehead atoms. The van der Waals surface area contributed by atoms with Gasteiger partial charge < -0.3 is 14.8 Å². The van der Waals surface area contributed by atoms with E-state index in [2.05, 4.69) is 5.32 Å². The van der Waals surface area contributed by atoms with Crippen LogP contribution in [0.4, 0.5) is 9.39 Å². The van der Waals surface area contributed by atoms with Crippen molar-refractivity contribution in [3.8, 4) is 16.9 Å². The van der Waals surface area contributed by atoms with Gasteiger partial charge >= 0.3 is 5.97 Å². The van der Waals surface area contributed by atoms with Crippen LogP contribution in [0.1, 0.15) is 33.6 Å². The Kier molecular flexibility index (Phi) is 7.41. The number of benzene rings is 2. The summed E-state index contributed by atoms with van der Waals surface area (Å²) in [6, 6.07) is 13.6. The molecule has 1 amide bonds. The topological polar surface area (TPSA) is 64.6 Å². The molecule has 162 valence electrons. The number of ether oxygens (including phenoxy) is 2. The van der Waals surface area contributed by atoms with Gasteiger partial charge in [0.15, 0.2) is 0 Å². The number of halogens is 1. The van der Waals surface area contributed by atoms with Gasteiger partial charge in [-0.2, -0.15) is 0 Å². The van der Waals surface area contributed by atoms with Gasteiger partial charge in [-0.15, -0.1) is 11.3 Å². The summed E-state index contributed by atoms with van der Waals surface area (Å²) in [5.74, 6) is -0.374. The van der Waals surface area contributed by atoms with Crippen LogP contribution >= 0.6 is 11.3 Å². The van der Waals surface area contributed by atoms with Crippen molar-refractivity contribution in [2.24, 2.45) is 0 Å². The van der Waals surface area contributed by atoms with E-state index in [4.69, 9.17) is 9.47 Å². The summed E-state index contributed by atoms with van der Waals surface area (Å²) in [7, 11) is 1.29. The average molecular weight is 442 g/mol. The zero-order chi connectivity index (χ0) is 22.4. The average Bonchev–Trinajstić information content (AvgIpc) is 3.08. The van der Waals surface area contributed by atoms with Crippen molar-refractivity contribution in [3.63, 3.8) is 0 Å². The van der Waals surface area contributed by atoms with E-state index in [9.17, 15) is 14.0 Å². The lowest BCUT2D eigenvalue weighted by molar-refractivity contribution is -0.116. The number of hydrogen-bond acceptors (Lipinski definition) is 5. The minimum atomic E-state index is -0.554. The number of hydrogen-bond donors (Lipinski definition) is 1. The first-order valence-corrected chi connectivity index (χ1v) is 10.7. The van der Waals surface area contributed by atoms with Crippen molar-refractivity contribution in [3.05, 3.63) is 70.4 Å². The van der Waals surface area contributed by atoms with Gasteiger partial charge in [-0.3, -0.25) is 4.79 Å². The van der Waals surface area contributed by atoms with E-state index >= 15 is 0 Å². The SMILES string of the molecule is COC(=O)c1c(NC(=O)CCCOc2ccc(C)cc2)sc(C)c1-c1ccc(F)cc1. The molecule has 0 atom stereocenters. The molecule has 0 unspecified atom stereocenters. The highest BCUT2D eigenvalue weighted by molar-refractivity contribution is 7.17. The zero-order valence-corrected chi connectivity index (χ0v) is 18.5. The van der Waals surface area contributed by atoms with Crippen molar-refractivity contribution >= 4 is 28.2 Å². The number of carbonyl (C=O) groups excluding carboxylic acids is 2.